The summed E-state index contributed by atoms with van der Waals surface area (Å²) >= 11 is 6.28. The predicted molar refractivity (Wildman–Crippen MR) is 107 cm³/mol. The number of benzene rings is 2. The first kappa shape index (κ1) is 18.2. The molecule has 134 valence electrons. The van der Waals surface area contributed by atoms with Gasteiger partial charge in [-0.3, -0.25) is 4.98 Å². The number of rotatable bonds is 4. The summed E-state index contributed by atoms with van der Waals surface area (Å²) < 4.78 is 5.22. The zero-order chi connectivity index (χ0) is 18.8. The van der Waals surface area contributed by atoms with Crippen LogP contribution in [0.5, 0.6) is 0 Å². The predicted octanol–water partition coefficient (Wildman–Crippen LogP) is 5.73. The highest BCUT2D eigenvalue weighted by molar-refractivity contribution is 6.31. The van der Waals surface area contributed by atoms with E-state index >= 15 is 0 Å². The quantitative estimate of drug-likeness (QED) is 0.597. The molecule has 0 aliphatic heterocycles. The van der Waals surface area contributed by atoms with E-state index in [0.29, 0.717) is 22.9 Å². The van der Waals surface area contributed by atoms with Gasteiger partial charge >= 0.3 is 5.97 Å². The standard InChI is InChI=1S/C21H21ClN2O2/c1-5-26-21(25)17-11-23-19-13(3)9-15(22)10-16(19)20(17)24-18-8-6-7-12(2)14(18)4/h6-11H,5H2,1-4H3,(H,23,24). The average molecular weight is 369 g/mol. The lowest BCUT2D eigenvalue weighted by Gasteiger charge is -2.17. The van der Waals surface area contributed by atoms with E-state index in [-0.39, 0.29) is 0 Å². The Bertz CT molecular complexity index is 999. The lowest BCUT2D eigenvalue weighted by molar-refractivity contribution is 0.0527. The van der Waals surface area contributed by atoms with E-state index in [0.717, 1.165) is 27.7 Å². The molecule has 1 heterocycles. The molecule has 0 aliphatic carbocycles. The van der Waals surface area contributed by atoms with Gasteiger partial charge in [-0.25, -0.2) is 4.79 Å². The largest absolute Gasteiger partial charge is 0.462 e. The molecule has 0 bridgehead atoms. The number of esters is 1. The number of carbonyl (C=O) groups is 1. The molecule has 26 heavy (non-hydrogen) atoms. The molecule has 0 amide bonds. The maximum atomic E-state index is 12.5. The van der Waals surface area contributed by atoms with Crippen LogP contribution in [0.2, 0.25) is 5.02 Å². The van der Waals surface area contributed by atoms with Gasteiger partial charge in [-0.1, -0.05) is 23.7 Å². The van der Waals surface area contributed by atoms with Gasteiger partial charge in [0, 0.05) is 22.3 Å². The second kappa shape index (κ2) is 7.34. The number of carbonyl (C=O) groups excluding carboxylic acids is 1. The van der Waals surface area contributed by atoms with Crippen molar-refractivity contribution >= 4 is 39.8 Å². The fourth-order valence-corrected chi connectivity index (χ4v) is 3.23. The molecule has 0 atom stereocenters. The number of anilines is 2. The zero-order valence-electron chi connectivity index (χ0n) is 15.3. The molecule has 0 radical (unpaired) electrons. The van der Waals surface area contributed by atoms with Crippen LogP contribution < -0.4 is 5.32 Å². The van der Waals surface area contributed by atoms with Gasteiger partial charge in [-0.15, -0.1) is 0 Å². The fourth-order valence-electron chi connectivity index (χ4n) is 2.96. The van der Waals surface area contributed by atoms with Crippen LogP contribution in [0.4, 0.5) is 11.4 Å². The molecule has 0 aliphatic rings. The van der Waals surface area contributed by atoms with Gasteiger partial charge in [-0.05, 0) is 62.6 Å². The summed E-state index contributed by atoms with van der Waals surface area (Å²) in [6.07, 6.45) is 1.56. The zero-order valence-corrected chi connectivity index (χ0v) is 16.1. The summed E-state index contributed by atoms with van der Waals surface area (Å²) in [6.45, 7) is 8.13. The molecule has 1 N–H and O–H groups in total. The molecule has 1 aromatic heterocycles. The molecule has 5 heteroatoms. The van der Waals surface area contributed by atoms with Crippen LogP contribution in [0.3, 0.4) is 0 Å². The van der Waals surface area contributed by atoms with Crippen LogP contribution in [-0.4, -0.2) is 17.6 Å². The molecule has 3 rings (SSSR count). The van der Waals surface area contributed by atoms with E-state index in [4.69, 9.17) is 16.3 Å². The smallest absolute Gasteiger partial charge is 0.341 e. The number of aryl methyl sites for hydroxylation is 2. The molecule has 0 spiro atoms. The first-order chi connectivity index (χ1) is 12.4. The van der Waals surface area contributed by atoms with Gasteiger partial charge in [0.15, 0.2) is 0 Å². The summed E-state index contributed by atoms with van der Waals surface area (Å²) in [4.78, 5) is 17.0. The third-order valence-corrected chi connectivity index (χ3v) is 4.70. The van der Waals surface area contributed by atoms with E-state index in [9.17, 15) is 4.79 Å². The monoisotopic (exact) mass is 368 g/mol. The first-order valence-electron chi connectivity index (χ1n) is 8.51. The first-order valence-corrected chi connectivity index (χ1v) is 8.89. The number of aromatic nitrogens is 1. The van der Waals surface area contributed by atoms with Gasteiger partial charge in [0.2, 0.25) is 0 Å². The Morgan fingerprint density at radius 1 is 1.19 bits per heavy atom. The molecular formula is C21H21ClN2O2. The Balaban J connectivity index is 2.26. The molecule has 0 saturated carbocycles. The van der Waals surface area contributed by atoms with Gasteiger partial charge in [0.1, 0.15) is 5.56 Å². The number of hydrogen-bond donors (Lipinski definition) is 1. The minimum absolute atomic E-state index is 0.300. The van der Waals surface area contributed by atoms with Crippen LogP contribution in [0.1, 0.15) is 34.0 Å². The third kappa shape index (κ3) is 3.37. The molecule has 0 fully saturated rings. The lowest BCUT2D eigenvalue weighted by Crippen LogP contribution is -2.10. The SMILES string of the molecule is CCOC(=O)c1cnc2c(C)cc(Cl)cc2c1Nc1cccc(C)c1C. The number of nitrogens with one attached hydrogen (secondary N) is 1. The Morgan fingerprint density at radius 2 is 1.96 bits per heavy atom. The number of hydrogen-bond acceptors (Lipinski definition) is 4. The van der Waals surface area contributed by atoms with Crippen molar-refractivity contribution in [2.24, 2.45) is 0 Å². The molecular weight excluding hydrogens is 348 g/mol. The Kier molecular flexibility index (Phi) is 5.14. The van der Waals surface area contributed by atoms with Gasteiger partial charge in [0.25, 0.3) is 0 Å². The highest BCUT2D eigenvalue weighted by Gasteiger charge is 2.19. The average Bonchev–Trinajstić information content (AvgIpc) is 2.59. The normalized spacial score (nSPS) is 10.8. The number of halogens is 1. The van der Waals surface area contributed by atoms with E-state index < -0.39 is 5.97 Å². The van der Waals surface area contributed by atoms with Crippen molar-refractivity contribution in [1.82, 2.24) is 4.98 Å². The van der Waals surface area contributed by atoms with Crippen LogP contribution in [-0.2, 0) is 4.74 Å². The van der Waals surface area contributed by atoms with Gasteiger partial charge in [0.05, 0.1) is 17.8 Å². The lowest BCUT2D eigenvalue weighted by atomic mass is 10.0. The van der Waals surface area contributed by atoms with Crippen LogP contribution in [0.25, 0.3) is 10.9 Å². The van der Waals surface area contributed by atoms with Crippen LogP contribution in [0.15, 0.2) is 36.5 Å². The highest BCUT2D eigenvalue weighted by Crippen LogP contribution is 2.34. The van der Waals surface area contributed by atoms with Crippen molar-refractivity contribution in [3.05, 3.63) is 63.8 Å². The molecule has 3 aromatic rings. The van der Waals surface area contributed by atoms with Crippen LogP contribution in [0, 0.1) is 20.8 Å². The summed E-state index contributed by atoms with van der Waals surface area (Å²) in [6, 6.07) is 9.71. The summed E-state index contributed by atoms with van der Waals surface area (Å²) in [5.74, 6) is -0.410. The van der Waals surface area contributed by atoms with Crippen molar-refractivity contribution in [1.29, 1.82) is 0 Å². The van der Waals surface area contributed by atoms with Crippen molar-refractivity contribution in [2.75, 3.05) is 11.9 Å². The number of nitrogens with zero attached hydrogens (tertiary/aromatic N) is 1. The van der Waals surface area contributed by atoms with Crippen LogP contribution >= 0.6 is 11.6 Å². The maximum Gasteiger partial charge on any atom is 0.341 e. The third-order valence-electron chi connectivity index (χ3n) is 4.49. The van der Waals surface area contributed by atoms with Gasteiger partial charge < -0.3 is 10.1 Å². The highest BCUT2D eigenvalue weighted by atomic mass is 35.5. The van der Waals surface area contributed by atoms with E-state index in [1.54, 1.807) is 13.1 Å². The summed E-state index contributed by atoms with van der Waals surface area (Å²) in [5, 5.41) is 4.81. The van der Waals surface area contributed by atoms with E-state index in [2.05, 4.69) is 23.3 Å². The number of pyridine rings is 1. The van der Waals surface area contributed by atoms with E-state index in [1.165, 1.54) is 5.56 Å². The van der Waals surface area contributed by atoms with Crippen molar-refractivity contribution < 1.29 is 9.53 Å². The maximum absolute atomic E-state index is 12.5. The minimum atomic E-state index is -0.410. The molecule has 0 saturated heterocycles. The summed E-state index contributed by atoms with van der Waals surface area (Å²) in [5.41, 5.74) is 6.02. The van der Waals surface area contributed by atoms with Gasteiger partial charge in [-0.2, -0.15) is 0 Å². The Hall–Kier alpha value is -2.59. The molecule has 2 aromatic carbocycles. The Morgan fingerprint density at radius 3 is 2.69 bits per heavy atom. The minimum Gasteiger partial charge on any atom is -0.462 e. The Labute approximate surface area is 158 Å². The molecule has 4 nitrogen and oxygen atoms in total. The topological polar surface area (TPSA) is 51.2 Å². The second-order valence-corrected chi connectivity index (χ2v) is 6.70. The van der Waals surface area contributed by atoms with E-state index in [1.807, 2.05) is 38.1 Å². The second-order valence-electron chi connectivity index (χ2n) is 6.26. The summed E-state index contributed by atoms with van der Waals surface area (Å²) in [7, 11) is 0. The van der Waals surface area contributed by atoms with Crippen molar-refractivity contribution in [2.45, 2.75) is 27.7 Å². The molecule has 0 unspecified atom stereocenters. The number of ether oxygens (including phenoxy) is 1. The van der Waals surface area contributed by atoms with Crippen molar-refractivity contribution in [3.63, 3.8) is 0 Å². The fraction of sp³-hybridized carbons (Fsp3) is 0.238. The number of fused-ring (bicyclic) bond motifs is 1. The van der Waals surface area contributed by atoms with Crippen molar-refractivity contribution in [3.8, 4) is 0 Å².